The number of hydrogen-bond acceptors (Lipinski definition) is 2. The van der Waals surface area contributed by atoms with Crippen molar-refractivity contribution in [3.05, 3.63) is 59.9 Å². The molecule has 0 fully saturated rings. The van der Waals surface area contributed by atoms with E-state index < -0.39 is 0 Å². The lowest BCUT2D eigenvalue weighted by molar-refractivity contribution is 0.306. The molecule has 0 spiro atoms. The van der Waals surface area contributed by atoms with Crippen molar-refractivity contribution in [1.29, 1.82) is 0 Å². The molecule has 0 aliphatic carbocycles. The topological polar surface area (TPSA) is 27.1 Å². The summed E-state index contributed by atoms with van der Waals surface area (Å²) in [5, 5.41) is 0. The van der Waals surface area contributed by atoms with Gasteiger partial charge >= 0.3 is 0 Å². The Labute approximate surface area is 118 Å². The highest BCUT2D eigenvalue weighted by atomic mass is 16.5. The average molecular weight is 266 g/mol. The first-order valence-corrected chi connectivity index (χ1v) is 6.91. The summed E-state index contributed by atoms with van der Waals surface area (Å²) in [5.74, 6) is 1.93. The monoisotopic (exact) mass is 266 g/mol. The van der Waals surface area contributed by atoms with Gasteiger partial charge in [-0.15, -0.1) is 0 Å². The minimum Gasteiger partial charge on any atom is -0.489 e. The Bertz CT molecular complexity index is 716. The van der Waals surface area contributed by atoms with Crippen LogP contribution in [0.15, 0.2) is 48.5 Å². The molecular weight excluding hydrogens is 248 g/mol. The molecule has 0 aliphatic heterocycles. The second-order valence-electron chi connectivity index (χ2n) is 4.83. The van der Waals surface area contributed by atoms with Crippen LogP contribution in [-0.4, -0.2) is 9.55 Å². The first-order valence-electron chi connectivity index (χ1n) is 6.91. The van der Waals surface area contributed by atoms with Gasteiger partial charge in [-0.25, -0.2) is 4.98 Å². The Morgan fingerprint density at radius 3 is 2.65 bits per heavy atom. The highest BCUT2D eigenvalue weighted by Gasteiger charge is 2.07. The summed E-state index contributed by atoms with van der Waals surface area (Å²) in [7, 11) is 0. The fourth-order valence-corrected chi connectivity index (χ4v) is 2.45. The molecule has 0 bridgehead atoms. The first kappa shape index (κ1) is 12.7. The smallest absolute Gasteiger partial charge is 0.122 e. The van der Waals surface area contributed by atoms with Crippen LogP contribution in [0, 0.1) is 6.92 Å². The lowest BCUT2D eigenvalue weighted by atomic mass is 10.2. The summed E-state index contributed by atoms with van der Waals surface area (Å²) in [6, 6.07) is 16.3. The van der Waals surface area contributed by atoms with Crippen molar-refractivity contribution in [3.8, 4) is 5.75 Å². The molecule has 0 saturated heterocycles. The maximum Gasteiger partial charge on any atom is 0.122 e. The number of rotatable bonds is 4. The molecule has 0 N–H and O–H groups in total. The number of aryl methyl sites for hydroxylation is 2. The lowest BCUT2D eigenvalue weighted by Gasteiger charge is -2.07. The van der Waals surface area contributed by atoms with Gasteiger partial charge < -0.3 is 9.30 Å². The Morgan fingerprint density at radius 2 is 1.90 bits per heavy atom. The van der Waals surface area contributed by atoms with Gasteiger partial charge in [0.15, 0.2) is 0 Å². The quantitative estimate of drug-likeness (QED) is 0.715. The molecule has 3 rings (SSSR count). The predicted molar refractivity (Wildman–Crippen MR) is 80.9 cm³/mol. The summed E-state index contributed by atoms with van der Waals surface area (Å²) in [6.07, 6.45) is 0. The van der Waals surface area contributed by atoms with Gasteiger partial charge in [-0.2, -0.15) is 0 Å². The van der Waals surface area contributed by atoms with Crippen LogP contribution in [0.5, 0.6) is 5.75 Å². The van der Waals surface area contributed by atoms with Crippen LogP contribution in [0.1, 0.15) is 18.3 Å². The summed E-state index contributed by atoms with van der Waals surface area (Å²) >= 11 is 0. The molecule has 0 radical (unpaired) electrons. The zero-order valence-corrected chi connectivity index (χ0v) is 11.8. The van der Waals surface area contributed by atoms with E-state index in [1.54, 1.807) is 0 Å². The molecular formula is C17H18N2O. The van der Waals surface area contributed by atoms with Crippen LogP contribution < -0.4 is 4.74 Å². The van der Waals surface area contributed by atoms with Crippen LogP contribution in [0.4, 0.5) is 0 Å². The minimum atomic E-state index is 0.589. The molecule has 0 amide bonds. The number of ether oxygens (including phenoxy) is 1. The highest BCUT2D eigenvalue weighted by Crippen LogP contribution is 2.22. The van der Waals surface area contributed by atoms with Gasteiger partial charge in [0.1, 0.15) is 18.2 Å². The Hall–Kier alpha value is -2.29. The number of hydrogen-bond donors (Lipinski definition) is 0. The molecule has 0 unspecified atom stereocenters. The van der Waals surface area contributed by atoms with E-state index in [1.165, 1.54) is 5.56 Å². The van der Waals surface area contributed by atoms with Gasteiger partial charge in [0.05, 0.1) is 11.0 Å². The molecule has 3 aromatic rings. The second-order valence-corrected chi connectivity index (χ2v) is 4.83. The lowest BCUT2D eigenvalue weighted by Crippen LogP contribution is -1.98. The van der Waals surface area contributed by atoms with Crippen molar-refractivity contribution in [2.24, 2.45) is 0 Å². The molecule has 0 atom stereocenters. The summed E-state index contributed by atoms with van der Waals surface area (Å²) in [5.41, 5.74) is 3.33. The van der Waals surface area contributed by atoms with E-state index in [0.29, 0.717) is 6.61 Å². The number of fused-ring (bicyclic) bond motifs is 1. The number of nitrogens with zero attached hydrogens (tertiary/aromatic N) is 2. The fourth-order valence-electron chi connectivity index (χ4n) is 2.45. The van der Waals surface area contributed by atoms with E-state index in [4.69, 9.17) is 4.74 Å². The second kappa shape index (κ2) is 5.37. The van der Waals surface area contributed by atoms with E-state index in [0.717, 1.165) is 29.2 Å². The molecule has 0 saturated carbocycles. The van der Waals surface area contributed by atoms with Gasteiger partial charge in [-0.3, -0.25) is 0 Å². The number of imidazole rings is 1. The third-order valence-corrected chi connectivity index (χ3v) is 3.48. The van der Waals surface area contributed by atoms with Gasteiger partial charge in [0.2, 0.25) is 0 Å². The number of benzene rings is 2. The van der Waals surface area contributed by atoms with Crippen LogP contribution in [0.3, 0.4) is 0 Å². The van der Waals surface area contributed by atoms with Crippen molar-refractivity contribution < 1.29 is 4.74 Å². The SMILES string of the molecule is CCn1c(C)nc2ccc(OCc3ccccc3)cc21. The van der Waals surface area contributed by atoms with Crippen molar-refractivity contribution >= 4 is 11.0 Å². The zero-order valence-electron chi connectivity index (χ0n) is 11.8. The molecule has 1 heterocycles. The third kappa shape index (κ3) is 2.39. The molecule has 3 nitrogen and oxygen atoms in total. The van der Waals surface area contributed by atoms with E-state index >= 15 is 0 Å². The van der Waals surface area contributed by atoms with Crippen LogP contribution in [0.2, 0.25) is 0 Å². The van der Waals surface area contributed by atoms with Crippen LogP contribution in [-0.2, 0) is 13.2 Å². The molecule has 2 aromatic carbocycles. The Morgan fingerprint density at radius 1 is 1.10 bits per heavy atom. The molecule has 0 aliphatic rings. The largest absolute Gasteiger partial charge is 0.489 e. The Kier molecular flexibility index (Phi) is 3.42. The van der Waals surface area contributed by atoms with Crippen LogP contribution >= 0.6 is 0 Å². The third-order valence-electron chi connectivity index (χ3n) is 3.48. The van der Waals surface area contributed by atoms with Crippen molar-refractivity contribution in [2.75, 3.05) is 0 Å². The molecule has 1 aromatic heterocycles. The zero-order chi connectivity index (χ0) is 13.9. The van der Waals surface area contributed by atoms with E-state index in [-0.39, 0.29) is 0 Å². The first-order chi connectivity index (χ1) is 9.78. The Balaban J connectivity index is 1.85. The maximum atomic E-state index is 5.87. The number of aromatic nitrogens is 2. The van der Waals surface area contributed by atoms with E-state index in [2.05, 4.69) is 34.7 Å². The maximum absolute atomic E-state index is 5.87. The van der Waals surface area contributed by atoms with Gasteiger partial charge in [0, 0.05) is 12.6 Å². The molecule has 20 heavy (non-hydrogen) atoms. The summed E-state index contributed by atoms with van der Waals surface area (Å²) in [6.45, 7) is 5.68. The summed E-state index contributed by atoms with van der Waals surface area (Å²) in [4.78, 5) is 4.55. The van der Waals surface area contributed by atoms with Gasteiger partial charge in [-0.05, 0) is 31.5 Å². The average Bonchev–Trinajstić information content (AvgIpc) is 2.80. The summed E-state index contributed by atoms with van der Waals surface area (Å²) < 4.78 is 8.07. The van der Waals surface area contributed by atoms with Crippen LogP contribution in [0.25, 0.3) is 11.0 Å². The van der Waals surface area contributed by atoms with Gasteiger partial charge in [-0.1, -0.05) is 30.3 Å². The van der Waals surface area contributed by atoms with Gasteiger partial charge in [0.25, 0.3) is 0 Å². The highest BCUT2D eigenvalue weighted by molar-refractivity contribution is 5.77. The minimum absolute atomic E-state index is 0.589. The molecule has 102 valence electrons. The molecule has 3 heteroatoms. The standard InChI is InChI=1S/C17H18N2O/c1-3-19-13(2)18-16-10-9-15(11-17(16)19)20-12-14-7-5-4-6-8-14/h4-11H,3,12H2,1-2H3. The fraction of sp³-hybridized carbons (Fsp3) is 0.235. The van der Waals surface area contributed by atoms with Crippen molar-refractivity contribution in [1.82, 2.24) is 9.55 Å². The van der Waals surface area contributed by atoms with Crippen molar-refractivity contribution in [2.45, 2.75) is 27.0 Å². The predicted octanol–water partition coefficient (Wildman–Crippen LogP) is 3.94. The van der Waals surface area contributed by atoms with Crippen molar-refractivity contribution in [3.63, 3.8) is 0 Å². The normalized spacial score (nSPS) is 10.9. The van der Waals surface area contributed by atoms with E-state index in [1.807, 2.05) is 37.3 Å². The van der Waals surface area contributed by atoms with E-state index in [9.17, 15) is 0 Å².